The standard InChI is InChI=1S/C24H24N4O/c1-2-23(28-24(29)17-8-4-3-5-9-17)22-13-19(26-15-20-14-25-16-27-20)12-18-10-6-7-11-21(18)22/h3-14,16,23,26H,2,15H2,1H3,(H,25,27)(H,28,29)/t23-/m1/s1. The van der Waals surface area contributed by atoms with Crippen molar-refractivity contribution in [3.8, 4) is 0 Å². The molecule has 1 aromatic heterocycles. The number of imidazole rings is 1. The quantitative estimate of drug-likeness (QED) is 0.417. The molecule has 0 unspecified atom stereocenters. The van der Waals surface area contributed by atoms with Crippen LogP contribution in [0.5, 0.6) is 0 Å². The first-order valence-electron chi connectivity index (χ1n) is 9.84. The van der Waals surface area contributed by atoms with E-state index in [9.17, 15) is 4.79 Å². The fourth-order valence-corrected chi connectivity index (χ4v) is 3.54. The molecule has 4 rings (SSSR count). The summed E-state index contributed by atoms with van der Waals surface area (Å²) in [7, 11) is 0. The monoisotopic (exact) mass is 384 g/mol. The minimum absolute atomic E-state index is 0.0580. The number of nitrogens with zero attached hydrogens (tertiary/aromatic N) is 1. The highest BCUT2D eigenvalue weighted by Gasteiger charge is 2.17. The Balaban J connectivity index is 1.65. The van der Waals surface area contributed by atoms with Gasteiger partial charge in [0.15, 0.2) is 0 Å². The van der Waals surface area contributed by atoms with E-state index in [4.69, 9.17) is 0 Å². The molecule has 0 fully saturated rings. The summed E-state index contributed by atoms with van der Waals surface area (Å²) in [6.45, 7) is 2.75. The molecule has 0 aliphatic carbocycles. The Labute approximate surface area is 170 Å². The van der Waals surface area contributed by atoms with E-state index in [0.29, 0.717) is 12.1 Å². The molecule has 1 atom stereocenters. The zero-order valence-corrected chi connectivity index (χ0v) is 16.4. The van der Waals surface area contributed by atoms with Crippen molar-refractivity contribution in [3.63, 3.8) is 0 Å². The van der Waals surface area contributed by atoms with E-state index >= 15 is 0 Å². The van der Waals surface area contributed by atoms with Gasteiger partial charge in [-0.3, -0.25) is 4.79 Å². The number of carbonyl (C=O) groups is 1. The second kappa shape index (κ2) is 8.61. The fourth-order valence-electron chi connectivity index (χ4n) is 3.54. The molecule has 3 aromatic carbocycles. The number of nitrogens with one attached hydrogen (secondary N) is 3. The Kier molecular flexibility index (Phi) is 5.56. The van der Waals surface area contributed by atoms with Crippen LogP contribution in [0.1, 0.15) is 41.0 Å². The number of hydrogen-bond acceptors (Lipinski definition) is 3. The van der Waals surface area contributed by atoms with Gasteiger partial charge in [0.25, 0.3) is 5.91 Å². The van der Waals surface area contributed by atoms with Gasteiger partial charge in [-0.2, -0.15) is 0 Å². The number of rotatable bonds is 7. The number of anilines is 1. The summed E-state index contributed by atoms with van der Waals surface area (Å²) in [5.74, 6) is -0.0580. The van der Waals surface area contributed by atoms with Crippen molar-refractivity contribution in [3.05, 3.63) is 96.1 Å². The van der Waals surface area contributed by atoms with Crippen molar-refractivity contribution in [2.45, 2.75) is 25.9 Å². The summed E-state index contributed by atoms with van der Waals surface area (Å²) in [6.07, 6.45) is 4.28. The van der Waals surface area contributed by atoms with Crippen LogP contribution in [0.4, 0.5) is 5.69 Å². The predicted molar refractivity (Wildman–Crippen MR) is 117 cm³/mol. The van der Waals surface area contributed by atoms with E-state index in [1.54, 1.807) is 6.33 Å². The Morgan fingerprint density at radius 1 is 1.07 bits per heavy atom. The number of carbonyl (C=O) groups excluding carboxylic acids is 1. The van der Waals surface area contributed by atoms with Crippen molar-refractivity contribution in [2.24, 2.45) is 0 Å². The first-order chi connectivity index (χ1) is 14.2. The first kappa shape index (κ1) is 18.7. The number of H-pyrrole nitrogens is 1. The third-order valence-electron chi connectivity index (χ3n) is 5.06. The molecule has 0 saturated carbocycles. The maximum absolute atomic E-state index is 12.8. The van der Waals surface area contributed by atoms with Gasteiger partial charge in [0.2, 0.25) is 0 Å². The minimum Gasteiger partial charge on any atom is -0.379 e. The topological polar surface area (TPSA) is 69.8 Å². The van der Waals surface area contributed by atoms with Gasteiger partial charge in [0.05, 0.1) is 24.6 Å². The molecular formula is C24H24N4O. The van der Waals surface area contributed by atoms with Crippen LogP contribution in [0.25, 0.3) is 10.8 Å². The van der Waals surface area contributed by atoms with E-state index in [2.05, 4.69) is 51.8 Å². The van der Waals surface area contributed by atoms with Gasteiger partial charge in [0, 0.05) is 17.4 Å². The summed E-state index contributed by atoms with van der Waals surface area (Å²) in [5, 5.41) is 8.96. The molecule has 0 aliphatic rings. The van der Waals surface area contributed by atoms with E-state index in [1.807, 2.05) is 48.7 Å². The van der Waals surface area contributed by atoms with Crippen LogP contribution in [0.15, 0.2) is 79.3 Å². The number of aromatic amines is 1. The number of hydrogen-bond donors (Lipinski definition) is 3. The van der Waals surface area contributed by atoms with Crippen molar-refractivity contribution in [2.75, 3.05) is 5.32 Å². The van der Waals surface area contributed by atoms with Gasteiger partial charge in [-0.05, 0) is 47.0 Å². The smallest absolute Gasteiger partial charge is 0.251 e. The molecule has 5 heteroatoms. The lowest BCUT2D eigenvalue weighted by Gasteiger charge is -2.21. The van der Waals surface area contributed by atoms with Crippen LogP contribution >= 0.6 is 0 Å². The van der Waals surface area contributed by atoms with Gasteiger partial charge in [0.1, 0.15) is 0 Å². The highest BCUT2D eigenvalue weighted by Crippen LogP contribution is 2.30. The maximum Gasteiger partial charge on any atom is 0.251 e. The molecular weight excluding hydrogens is 360 g/mol. The highest BCUT2D eigenvalue weighted by atomic mass is 16.1. The Bertz CT molecular complexity index is 1090. The SMILES string of the molecule is CC[C@@H](NC(=O)c1ccccc1)c1cc(NCc2cnc[nH]2)cc2ccccc12. The number of benzene rings is 3. The van der Waals surface area contributed by atoms with Gasteiger partial charge < -0.3 is 15.6 Å². The van der Waals surface area contributed by atoms with Crippen LogP contribution < -0.4 is 10.6 Å². The van der Waals surface area contributed by atoms with Crippen molar-refractivity contribution in [1.82, 2.24) is 15.3 Å². The van der Waals surface area contributed by atoms with Crippen LogP contribution in [0, 0.1) is 0 Å². The molecule has 1 amide bonds. The molecule has 0 radical (unpaired) electrons. The lowest BCUT2D eigenvalue weighted by molar-refractivity contribution is 0.0936. The molecule has 29 heavy (non-hydrogen) atoms. The average molecular weight is 384 g/mol. The van der Waals surface area contributed by atoms with Gasteiger partial charge >= 0.3 is 0 Å². The first-order valence-corrected chi connectivity index (χ1v) is 9.84. The van der Waals surface area contributed by atoms with Crippen LogP contribution in [-0.4, -0.2) is 15.9 Å². The Hall–Kier alpha value is -3.60. The maximum atomic E-state index is 12.8. The largest absolute Gasteiger partial charge is 0.379 e. The zero-order valence-electron chi connectivity index (χ0n) is 16.4. The van der Waals surface area contributed by atoms with Gasteiger partial charge in [-0.25, -0.2) is 4.98 Å². The lowest BCUT2D eigenvalue weighted by Crippen LogP contribution is -2.28. The van der Waals surface area contributed by atoms with Crippen molar-refractivity contribution in [1.29, 1.82) is 0 Å². The lowest BCUT2D eigenvalue weighted by atomic mass is 9.95. The highest BCUT2D eigenvalue weighted by molar-refractivity contribution is 5.95. The van der Waals surface area contributed by atoms with Crippen LogP contribution in [-0.2, 0) is 6.54 Å². The van der Waals surface area contributed by atoms with Crippen LogP contribution in [0.3, 0.4) is 0 Å². The summed E-state index contributed by atoms with van der Waals surface area (Å²) < 4.78 is 0. The van der Waals surface area contributed by atoms with E-state index in [1.165, 1.54) is 0 Å². The number of aromatic nitrogens is 2. The Morgan fingerprint density at radius 3 is 2.62 bits per heavy atom. The molecule has 0 bridgehead atoms. The molecule has 146 valence electrons. The second-order valence-corrected chi connectivity index (χ2v) is 7.02. The minimum atomic E-state index is -0.0819. The fraction of sp³-hybridized carbons (Fsp3) is 0.167. The van der Waals surface area contributed by atoms with Gasteiger partial charge in [-0.1, -0.05) is 49.4 Å². The molecule has 5 nitrogen and oxygen atoms in total. The van der Waals surface area contributed by atoms with Gasteiger partial charge in [-0.15, -0.1) is 0 Å². The number of amides is 1. The second-order valence-electron chi connectivity index (χ2n) is 7.02. The predicted octanol–water partition coefficient (Wildman–Crippen LogP) is 5.06. The Morgan fingerprint density at radius 2 is 1.86 bits per heavy atom. The summed E-state index contributed by atoms with van der Waals surface area (Å²) >= 11 is 0. The molecule has 3 N–H and O–H groups in total. The summed E-state index contributed by atoms with van der Waals surface area (Å²) in [4.78, 5) is 19.9. The molecule has 4 aromatic rings. The molecule has 0 aliphatic heterocycles. The van der Waals surface area contributed by atoms with Crippen LogP contribution in [0.2, 0.25) is 0 Å². The third kappa shape index (κ3) is 4.29. The molecule has 0 spiro atoms. The van der Waals surface area contributed by atoms with Crippen molar-refractivity contribution < 1.29 is 4.79 Å². The summed E-state index contributed by atoms with van der Waals surface area (Å²) in [5.41, 5.74) is 3.82. The third-order valence-corrected chi connectivity index (χ3v) is 5.06. The number of fused-ring (bicyclic) bond motifs is 1. The van der Waals surface area contributed by atoms with E-state index in [0.717, 1.165) is 34.1 Å². The molecule has 0 saturated heterocycles. The van der Waals surface area contributed by atoms with Crippen molar-refractivity contribution >= 4 is 22.4 Å². The zero-order chi connectivity index (χ0) is 20.1. The average Bonchev–Trinajstić information content (AvgIpc) is 3.30. The van der Waals surface area contributed by atoms with E-state index in [-0.39, 0.29) is 11.9 Å². The molecule has 1 heterocycles. The normalized spacial score (nSPS) is 11.9. The van der Waals surface area contributed by atoms with E-state index < -0.39 is 0 Å². The summed E-state index contributed by atoms with van der Waals surface area (Å²) in [6, 6.07) is 21.8.